The topological polar surface area (TPSA) is 38.0 Å². The Morgan fingerprint density at radius 2 is 1.94 bits per heavy atom. The van der Waals surface area contributed by atoms with Gasteiger partial charge in [-0.1, -0.05) is 30.3 Å². The Bertz CT molecular complexity index is 673. The van der Waals surface area contributed by atoms with Gasteiger partial charge in [0, 0.05) is 27.7 Å². The van der Waals surface area contributed by atoms with E-state index in [0.29, 0.717) is 0 Å². The number of nitrogens with two attached hydrogens (primary N) is 1. The highest BCUT2D eigenvalue weighted by Crippen LogP contribution is 2.30. The third kappa shape index (κ3) is 2.17. The molecule has 2 nitrogen and oxygen atoms in total. The molecule has 3 aromatic rings. The molecule has 3 rings (SSSR count). The summed E-state index contributed by atoms with van der Waals surface area (Å²) in [5, 5.41) is 6.91. The van der Waals surface area contributed by atoms with Gasteiger partial charge in [0.1, 0.15) is 0 Å². The average molecular weight is 254 g/mol. The summed E-state index contributed by atoms with van der Waals surface area (Å²) in [5.74, 6) is 0. The first-order valence-corrected chi connectivity index (χ1v) is 6.75. The molecule has 1 heterocycles. The first-order valence-electron chi connectivity index (χ1n) is 5.87. The summed E-state index contributed by atoms with van der Waals surface area (Å²) >= 11 is 1.77. The van der Waals surface area contributed by atoms with Crippen molar-refractivity contribution in [3.63, 3.8) is 0 Å². The third-order valence-electron chi connectivity index (χ3n) is 2.91. The normalized spacial score (nSPS) is 10.7. The molecule has 3 heteroatoms. The van der Waals surface area contributed by atoms with E-state index in [1.54, 1.807) is 11.3 Å². The Morgan fingerprint density at radius 3 is 2.83 bits per heavy atom. The van der Waals surface area contributed by atoms with Crippen LogP contribution in [0.5, 0.6) is 0 Å². The molecule has 0 radical (unpaired) electrons. The van der Waals surface area contributed by atoms with Gasteiger partial charge in [0.2, 0.25) is 0 Å². The van der Waals surface area contributed by atoms with Gasteiger partial charge in [0.05, 0.1) is 5.69 Å². The minimum Gasteiger partial charge on any atom is -0.399 e. The van der Waals surface area contributed by atoms with Gasteiger partial charge < -0.3 is 11.1 Å². The van der Waals surface area contributed by atoms with Crippen molar-refractivity contribution in [2.24, 2.45) is 0 Å². The SMILES string of the molecule is Nc1cccc(CNc2csc3ccccc23)c1. The second-order valence-electron chi connectivity index (χ2n) is 4.24. The molecule has 0 atom stereocenters. The molecule has 3 N–H and O–H groups in total. The summed E-state index contributed by atoms with van der Waals surface area (Å²) < 4.78 is 1.31. The number of thiophene rings is 1. The van der Waals surface area contributed by atoms with Crippen LogP contribution in [0.1, 0.15) is 5.56 Å². The van der Waals surface area contributed by atoms with E-state index in [-0.39, 0.29) is 0 Å². The van der Waals surface area contributed by atoms with E-state index in [0.717, 1.165) is 12.2 Å². The van der Waals surface area contributed by atoms with Crippen LogP contribution in [0.4, 0.5) is 11.4 Å². The highest BCUT2D eigenvalue weighted by Gasteiger charge is 2.02. The van der Waals surface area contributed by atoms with Crippen LogP contribution in [-0.4, -0.2) is 0 Å². The predicted molar refractivity (Wildman–Crippen MR) is 80.0 cm³/mol. The minimum absolute atomic E-state index is 0.797. The van der Waals surface area contributed by atoms with Gasteiger partial charge >= 0.3 is 0 Å². The molecule has 0 aliphatic heterocycles. The Hall–Kier alpha value is -2.00. The van der Waals surface area contributed by atoms with E-state index in [1.807, 2.05) is 18.2 Å². The Labute approximate surface area is 110 Å². The van der Waals surface area contributed by atoms with Gasteiger partial charge in [-0.3, -0.25) is 0 Å². The van der Waals surface area contributed by atoms with Crippen molar-refractivity contribution in [1.29, 1.82) is 0 Å². The van der Waals surface area contributed by atoms with Crippen LogP contribution in [0, 0.1) is 0 Å². The number of benzene rings is 2. The number of hydrogen-bond acceptors (Lipinski definition) is 3. The highest BCUT2D eigenvalue weighted by atomic mass is 32.1. The molecule has 0 aliphatic carbocycles. The molecule has 90 valence electrons. The maximum absolute atomic E-state index is 5.77. The van der Waals surface area contributed by atoms with Crippen LogP contribution in [0.25, 0.3) is 10.1 Å². The van der Waals surface area contributed by atoms with E-state index in [9.17, 15) is 0 Å². The van der Waals surface area contributed by atoms with Gasteiger partial charge in [0.25, 0.3) is 0 Å². The number of hydrogen-bond donors (Lipinski definition) is 2. The summed E-state index contributed by atoms with van der Waals surface area (Å²) in [6.07, 6.45) is 0. The summed E-state index contributed by atoms with van der Waals surface area (Å²) in [5.41, 5.74) is 8.97. The van der Waals surface area contributed by atoms with E-state index >= 15 is 0 Å². The predicted octanol–water partition coefficient (Wildman–Crippen LogP) is 4.10. The van der Waals surface area contributed by atoms with E-state index in [2.05, 4.69) is 41.0 Å². The van der Waals surface area contributed by atoms with Crippen molar-refractivity contribution in [2.75, 3.05) is 11.1 Å². The number of nitrogens with one attached hydrogen (secondary N) is 1. The lowest BCUT2D eigenvalue weighted by atomic mass is 10.2. The molecular weight excluding hydrogens is 240 g/mol. The largest absolute Gasteiger partial charge is 0.399 e. The van der Waals surface area contributed by atoms with Crippen LogP contribution < -0.4 is 11.1 Å². The molecule has 18 heavy (non-hydrogen) atoms. The molecule has 0 amide bonds. The molecule has 0 spiro atoms. The lowest BCUT2D eigenvalue weighted by molar-refractivity contribution is 1.16. The summed E-state index contributed by atoms with van der Waals surface area (Å²) in [4.78, 5) is 0. The minimum atomic E-state index is 0.797. The van der Waals surface area contributed by atoms with E-state index in [1.165, 1.54) is 21.3 Å². The highest BCUT2D eigenvalue weighted by molar-refractivity contribution is 7.17. The second kappa shape index (κ2) is 4.70. The average Bonchev–Trinajstić information content (AvgIpc) is 2.80. The zero-order valence-electron chi connectivity index (χ0n) is 9.89. The molecule has 1 aromatic heterocycles. The fourth-order valence-electron chi connectivity index (χ4n) is 2.02. The fraction of sp³-hybridized carbons (Fsp3) is 0.0667. The van der Waals surface area contributed by atoms with E-state index < -0.39 is 0 Å². The lowest BCUT2D eigenvalue weighted by Crippen LogP contribution is -1.99. The van der Waals surface area contributed by atoms with Gasteiger partial charge in [-0.25, -0.2) is 0 Å². The monoisotopic (exact) mass is 254 g/mol. The quantitative estimate of drug-likeness (QED) is 0.691. The van der Waals surface area contributed by atoms with Crippen molar-refractivity contribution in [2.45, 2.75) is 6.54 Å². The van der Waals surface area contributed by atoms with Crippen LogP contribution in [0.15, 0.2) is 53.9 Å². The van der Waals surface area contributed by atoms with Gasteiger partial charge in [-0.2, -0.15) is 0 Å². The molecule has 0 saturated heterocycles. The third-order valence-corrected chi connectivity index (χ3v) is 3.88. The Morgan fingerprint density at radius 1 is 1.06 bits per heavy atom. The molecule has 0 fully saturated rings. The second-order valence-corrected chi connectivity index (χ2v) is 5.16. The van der Waals surface area contributed by atoms with Crippen LogP contribution in [-0.2, 0) is 6.54 Å². The number of fused-ring (bicyclic) bond motifs is 1. The van der Waals surface area contributed by atoms with Gasteiger partial charge in [-0.05, 0) is 23.8 Å². The van der Waals surface area contributed by atoms with Crippen molar-refractivity contribution in [3.05, 3.63) is 59.5 Å². The van der Waals surface area contributed by atoms with Crippen LogP contribution >= 0.6 is 11.3 Å². The zero-order chi connectivity index (χ0) is 12.4. The van der Waals surface area contributed by atoms with Crippen LogP contribution in [0.2, 0.25) is 0 Å². The van der Waals surface area contributed by atoms with Gasteiger partial charge in [-0.15, -0.1) is 11.3 Å². The molecular formula is C15H14N2S. The van der Waals surface area contributed by atoms with Crippen molar-refractivity contribution >= 4 is 32.8 Å². The maximum atomic E-state index is 5.77. The first kappa shape index (κ1) is 11.1. The summed E-state index contributed by atoms with van der Waals surface area (Å²) in [6, 6.07) is 16.4. The molecule has 0 unspecified atom stereocenters. The maximum Gasteiger partial charge on any atom is 0.0531 e. The lowest BCUT2D eigenvalue weighted by Gasteiger charge is -2.06. The Balaban J connectivity index is 1.81. The fourth-order valence-corrected chi connectivity index (χ4v) is 2.93. The smallest absolute Gasteiger partial charge is 0.0531 e. The number of rotatable bonds is 3. The molecule has 2 aromatic carbocycles. The van der Waals surface area contributed by atoms with Crippen molar-refractivity contribution < 1.29 is 0 Å². The Kier molecular flexibility index (Phi) is 2.90. The summed E-state index contributed by atoms with van der Waals surface area (Å²) in [6.45, 7) is 0.797. The molecule has 0 aliphatic rings. The molecule has 0 bridgehead atoms. The van der Waals surface area contributed by atoms with Crippen LogP contribution in [0.3, 0.4) is 0 Å². The van der Waals surface area contributed by atoms with E-state index in [4.69, 9.17) is 5.73 Å². The summed E-state index contributed by atoms with van der Waals surface area (Å²) in [7, 11) is 0. The van der Waals surface area contributed by atoms with Crippen molar-refractivity contribution in [1.82, 2.24) is 0 Å². The van der Waals surface area contributed by atoms with Gasteiger partial charge in [0.15, 0.2) is 0 Å². The molecule has 0 saturated carbocycles. The zero-order valence-corrected chi connectivity index (χ0v) is 10.7. The van der Waals surface area contributed by atoms with Crippen molar-refractivity contribution in [3.8, 4) is 0 Å². The standard InChI is InChI=1S/C15H14N2S/c16-12-5-3-4-11(8-12)9-17-14-10-18-15-7-2-1-6-13(14)15/h1-8,10,17H,9,16H2. The number of nitrogen functional groups attached to an aromatic ring is 1. The number of anilines is 2. The first-order chi connectivity index (χ1) is 8.83.